The SMILES string of the molecule is Nc1cnc(C2=C\C=C/C=C\C=C/C=C\C=C2)c(Cl)n1. The van der Waals surface area contributed by atoms with Gasteiger partial charge >= 0.3 is 0 Å². The molecule has 0 unspecified atom stereocenters. The lowest BCUT2D eigenvalue weighted by molar-refractivity contribution is 1.18. The molecule has 2 rings (SSSR count). The van der Waals surface area contributed by atoms with Gasteiger partial charge in [0.1, 0.15) is 11.5 Å². The zero-order valence-electron chi connectivity index (χ0n) is 10.8. The lowest BCUT2D eigenvalue weighted by Gasteiger charge is -2.03. The first-order valence-corrected chi connectivity index (χ1v) is 6.48. The van der Waals surface area contributed by atoms with Crippen molar-refractivity contribution in [2.24, 2.45) is 0 Å². The van der Waals surface area contributed by atoms with E-state index >= 15 is 0 Å². The van der Waals surface area contributed by atoms with Crippen molar-refractivity contribution < 1.29 is 0 Å². The van der Waals surface area contributed by atoms with Gasteiger partial charge < -0.3 is 5.73 Å². The van der Waals surface area contributed by atoms with E-state index in [1.807, 2.05) is 66.8 Å². The molecule has 0 bridgehead atoms. The van der Waals surface area contributed by atoms with E-state index in [1.54, 1.807) is 0 Å². The van der Waals surface area contributed by atoms with Crippen molar-refractivity contribution in [2.75, 3.05) is 5.73 Å². The Labute approximate surface area is 123 Å². The van der Waals surface area contributed by atoms with Gasteiger partial charge in [-0.3, -0.25) is 0 Å². The van der Waals surface area contributed by atoms with E-state index in [-0.39, 0.29) is 0 Å². The van der Waals surface area contributed by atoms with Crippen molar-refractivity contribution in [1.82, 2.24) is 9.97 Å². The van der Waals surface area contributed by atoms with E-state index in [0.717, 1.165) is 5.57 Å². The van der Waals surface area contributed by atoms with Gasteiger partial charge in [0.25, 0.3) is 0 Å². The van der Waals surface area contributed by atoms with Gasteiger partial charge in [0.05, 0.1) is 6.20 Å². The number of hydrogen-bond donors (Lipinski definition) is 1. The highest BCUT2D eigenvalue weighted by Gasteiger charge is 2.06. The minimum Gasteiger partial charge on any atom is -0.382 e. The van der Waals surface area contributed by atoms with Crippen molar-refractivity contribution >= 4 is 23.0 Å². The van der Waals surface area contributed by atoms with Gasteiger partial charge in [0.2, 0.25) is 0 Å². The maximum Gasteiger partial charge on any atom is 0.157 e. The highest BCUT2D eigenvalue weighted by atomic mass is 35.5. The summed E-state index contributed by atoms with van der Waals surface area (Å²) in [5, 5.41) is 0.292. The summed E-state index contributed by atoms with van der Waals surface area (Å²) in [5.74, 6) is 0.306. The molecule has 1 aliphatic carbocycles. The smallest absolute Gasteiger partial charge is 0.157 e. The molecule has 0 radical (unpaired) electrons. The second-order valence-electron chi connectivity index (χ2n) is 3.96. The van der Waals surface area contributed by atoms with Gasteiger partial charge in [-0.05, 0) is 0 Å². The highest BCUT2D eigenvalue weighted by molar-refractivity contribution is 6.31. The van der Waals surface area contributed by atoms with Crippen LogP contribution in [0.5, 0.6) is 0 Å². The van der Waals surface area contributed by atoms with E-state index < -0.39 is 0 Å². The number of hydrogen-bond acceptors (Lipinski definition) is 3. The summed E-state index contributed by atoms with van der Waals surface area (Å²) in [4.78, 5) is 8.26. The zero-order valence-corrected chi connectivity index (χ0v) is 11.5. The molecule has 0 atom stereocenters. The summed E-state index contributed by atoms with van der Waals surface area (Å²) in [6.45, 7) is 0. The Morgan fingerprint density at radius 1 is 0.850 bits per heavy atom. The van der Waals surface area contributed by atoms with E-state index in [9.17, 15) is 0 Å². The summed E-state index contributed by atoms with van der Waals surface area (Å²) >= 11 is 6.09. The average Bonchev–Trinajstić information content (AvgIpc) is 2.40. The quantitative estimate of drug-likeness (QED) is 0.851. The fraction of sp³-hybridized carbons (Fsp3) is 0. The number of nitrogen functional groups attached to an aromatic ring is 1. The second kappa shape index (κ2) is 7.26. The Morgan fingerprint density at radius 3 is 2.10 bits per heavy atom. The number of rotatable bonds is 1. The molecule has 3 nitrogen and oxygen atoms in total. The average molecular weight is 284 g/mol. The largest absolute Gasteiger partial charge is 0.382 e. The first-order chi connectivity index (χ1) is 9.77. The summed E-state index contributed by atoms with van der Waals surface area (Å²) in [7, 11) is 0. The Morgan fingerprint density at radius 2 is 1.45 bits per heavy atom. The van der Waals surface area contributed by atoms with Crippen LogP contribution in [0.15, 0.2) is 73.0 Å². The summed E-state index contributed by atoms with van der Waals surface area (Å²) < 4.78 is 0. The van der Waals surface area contributed by atoms with Crippen LogP contribution in [0.2, 0.25) is 5.15 Å². The topological polar surface area (TPSA) is 51.8 Å². The molecule has 0 aromatic carbocycles. The molecule has 2 N–H and O–H groups in total. The molecule has 0 saturated carbocycles. The first kappa shape index (κ1) is 14.0. The van der Waals surface area contributed by atoms with Crippen molar-refractivity contribution in [2.45, 2.75) is 0 Å². The number of allylic oxidation sites excluding steroid dienone is 12. The van der Waals surface area contributed by atoms with E-state index in [1.165, 1.54) is 6.20 Å². The zero-order chi connectivity index (χ0) is 14.2. The van der Waals surface area contributed by atoms with Crippen LogP contribution < -0.4 is 5.73 Å². The van der Waals surface area contributed by atoms with Gasteiger partial charge in [-0.2, -0.15) is 0 Å². The highest BCUT2D eigenvalue weighted by Crippen LogP contribution is 2.22. The lowest BCUT2D eigenvalue weighted by Crippen LogP contribution is -1.97. The fourth-order valence-electron chi connectivity index (χ4n) is 1.55. The molecule has 1 aromatic rings. The van der Waals surface area contributed by atoms with Gasteiger partial charge in [-0.1, -0.05) is 78.4 Å². The molecule has 20 heavy (non-hydrogen) atoms. The minimum atomic E-state index is 0.292. The molecule has 0 spiro atoms. The minimum absolute atomic E-state index is 0.292. The molecule has 1 heterocycles. The maximum absolute atomic E-state index is 6.09. The van der Waals surface area contributed by atoms with E-state index in [0.29, 0.717) is 16.7 Å². The molecule has 0 amide bonds. The van der Waals surface area contributed by atoms with Crippen molar-refractivity contribution in [1.29, 1.82) is 0 Å². The van der Waals surface area contributed by atoms with Gasteiger partial charge in [-0.15, -0.1) is 0 Å². The van der Waals surface area contributed by atoms with E-state index in [2.05, 4.69) is 9.97 Å². The number of halogens is 1. The Hall–Kier alpha value is -2.39. The Kier molecular flexibility index (Phi) is 5.09. The van der Waals surface area contributed by atoms with E-state index in [4.69, 9.17) is 17.3 Å². The first-order valence-electron chi connectivity index (χ1n) is 6.11. The van der Waals surface area contributed by atoms with Gasteiger partial charge in [0.15, 0.2) is 5.15 Å². The van der Waals surface area contributed by atoms with Crippen LogP contribution in [0.1, 0.15) is 5.69 Å². The molecule has 1 aromatic heterocycles. The van der Waals surface area contributed by atoms with Crippen molar-refractivity contribution in [3.05, 3.63) is 83.9 Å². The number of nitrogens with zero attached hydrogens (tertiary/aromatic N) is 2. The predicted octanol–water partition coefficient (Wildman–Crippen LogP) is 3.89. The van der Waals surface area contributed by atoms with Gasteiger partial charge in [0, 0.05) is 5.57 Å². The Balaban J connectivity index is 2.40. The molecule has 4 heteroatoms. The number of nitrogens with two attached hydrogens (primary N) is 1. The number of anilines is 1. The van der Waals surface area contributed by atoms with Crippen LogP contribution in [0, 0.1) is 0 Å². The second-order valence-corrected chi connectivity index (χ2v) is 4.31. The van der Waals surface area contributed by atoms with Crippen LogP contribution in [-0.4, -0.2) is 9.97 Å². The molecule has 100 valence electrons. The molecular weight excluding hydrogens is 270 g/mol. The monoisotopic (exact) mass is 283 g/mol. The van der Waals surface area contributed by atoms with Crippen molar-refractivity contribution in [3.8, 4) is 0 Å². The summed E-state index contributed by atoms with van der Waals surface area (Å²) in [6.07, 6.45) is 22.8. The third kappa shape index (κ3) is 4.07. The predicted molar refractivity (Wildman–Crippen MR) is 85.1 cm³/mol. The van der Waals surface area contributed by atoms with Crippen LogP contribution in [-0.2, 0) is 0 Å². The molecular formula is C16H14ClN3. The van der Waals surface area contributed by atoms with Crippen LogP contribution in [0.4, 0.5) is 5.82 Å². The standard InChI is InChI=1S/C16H14ClN3/c17-16-15(19-12-14(18)20-16)13-10-8-6-4-2-1-3-5-7-9-11-13/h1-12H,(H2,18,20)/b2-1-,3-1?,4-2?,5-3-,6-4-,7-5?,8-6?,9-7-,10-8?,11-9?,13-10?,13-11?. The fourth-order valence-corrected chi connectivity index (χ4v) is 1.81. The lowest BCUT2D eigenvalue weighted by atomic mass is 10.1. The van der Waals surface area contributed by atoms with Crippen LogP contribution in [0.25, 0.3) is 5.57 Å². The Bertz CT molecular complexity index is 650. The molecule has 0 saturated heterocycles. The maximum atomic E-state index is 6.09. The van der Waals surface area contributed by atoms with Gasteiger partial charge in [-0.25, -0.2) is 9.97 Å². The molecule has 1 aliphatic rings. The van der Waals surface area contributed by atoms with Crippen molar-refractivity contribution in [3.63, 3.8) is 0 Å². The van der Waals surface area contributed by atoms with Crippen LogP contribution in [0.3, 0.4) is 0 Å². The van der Waals surface area contributed by atoms with Crippen LogP contribution >= 0.6 is 11.6 Å². The molecule has 0 fully saturated rings. The number of aromatic nitrogens is 2. The normalized spacial score (nSPS) is 21.1. The third-order valence-corrected chi connectivity index (χ3v) is 2.73. The third-order valence-electron chi connectivity index (χ3n) is 2.46. The molecule has 0 aliphatic heterocycles. The summed E-state index contributed by atoms with van der Waals surface area (Å²) in [6, 6.07) is 0. The summed E-state index contributed by atoms with van der Waals surface area (Å²) in [5.41, 5.74) is 7.02.